The zero-order valence-electron chi connectivity index (χ0n) is 10.6. The Morgan fingerprint density at radius 1 is 1.58 bits per heavy atom. The maximum atomic E-state index is 13.8. The standard InChI is InChI=1S/C14H15FN2O2/c1-17(8-2-7-16)10-12-5-3-11(9-13(12)15)4-6-14(18)19/h3-6,9H,2,8,10H2,1H3,(H,18,19)/b6-4+. The minimum absolute atomic E-state index is 0.378. The Morgan fingerprint density at radius 2 is 2.32 bits per heavy atom. The molecule has 0 amide bonds. The van der Waals surface area contributed by atoms with E-state index < -0.39 is 5.97 Å². The predicted molar refractivity (Wildman–Crippen MR) is 69.6 cm³/mol. The molecule has 0 aliphatic heterocycles. The summed E-state index contributed by atoms with van der Waals surface area (Å²) in [5, 5.41) is 17.0. The average Bonchev–Trinajstić information content (AvgIpc) is 2.36. The van der Waals surface area contributed by atoms with Crippen molar-refractivity contribution in [3.8, 4) is 6.07 Å². The fraction of sp³-hybridized carbons (Fsp3) is 0.286. The highest BCUT2D eigenvalue weighted by molar-refractivity contribution is 5.85. The van der Waals surface area contributed by atoms with Crippen LogP contribution in [0.15, 0.2) is 24.3 Å². The number of rotatable bonds is 6. The summed E-state index contributed by atoms with van der Waals surface area (Å²) in [6, 6.07) is 6.62. The van der Waals surface area contributed by atoms with Crippen LogP contribution >= 0.6 is 0 Å². The van der Waals surface area contributed by atoms with Gasteiger partial charge in [-0.2, -0.15) is 5.26 Å². The van der Waals surface area contributed by atoms with E-state index in [1.54, 1.807) is 12.1 Å². The van der Waals surface area contributed by atoms with Crippen molar-refractivity contribution in [2.45, 2.75) is 13.0 Å². The molecule has 100 valence electrons. The number of carbonyl (C=O) groups is 1. The van der Waals surface area contributed by atoms with Gasteiger partial charge in [0.15, 0.2) is 0 Å². The molecule has 0 aliphatic carbocycles. The lowest BCUT2D eigenvalue weighted by molar-refractivity contribution is -0.131. The van der Waals surface area contributed by atoms with Crippen molar-refractivity contribution in [3.05, 3.63) is 41.2 Å². The molecule has 0 aromatic heterocycles. The molecule has 4 nitrogen and oxygen atoms in total. The first-order valence-electron chi connectivity index (χ1n) is 5.78. The van der Waals surface area contributed by atoms with Crippen LogP contribution in [0, 0.1) is 17.1 Å². The molecule has 1 N–H and O–H groups in total. The largest absolute Gasteiger partial charge is 0.478 e. The van der Waals surface area contributed by atoms with E-state index >= 15 is 0 Å². The van der Waals surface area contributed by atoms with Crippen molar-refractivity contribution in [1.29, 1.82) is 5.26 Å². The molecule has 0 saturated heterocycles. The van der Waals surface area contributed by atoms with Gasteiger partial charge < -0.3 is 10.0 Å². The molecular formula is C14H15FN2O2. The summed E-state index contributed by atoms with van der Waals surface area (Å²) >= 11 is 0. The van der Waals surface area contributed by atoms with E-state index in [0.717, 1.165) is 6.08 Å². The predicted octanol–water partition coefficient (Wildman–Crippen LogP) is 2.27. The monoisotopic (exact) mass is 262 g/mol. The number of aliphatic carboxylic acids is 1. The highest BCUT2D eigenvalue weighted by Gasteiger charge is 2.06. The molecule has 1 aromatic carbocycles. The van der Waals surface area contributed by atoms with Crippen LogP contribution in [0.1, 0.15) is 17.5 Å². The fourth-order valence-electron chi connectivity index (χ4n) is 1.57. The van der Waals surface area contributed by atoms with E-state index in [9.17, 15) is 9.18 Å². The third-order valence-corrected chi connectivity index (χ3v) is 2.54. The van der Waals surface area contributed by atoms with E-state index in [-0.39, 0.29) is 5.82 Å². The van der Waals surface area contributed by atoms with Gasteiger partial charge in [0.25, 0.3) is 0 Å². The second-order valence-corrected chi connectivity index (χ2v) is 4.17. The third kappa shape index (κ3) is 5.32. The van der Waals surface area contributed by atoms with Crippen molar-refractivity contribution in [3.63, 3.8) is 0 Å². The Hall–Kier alpha value is -2.19. The van der Waals surface area contributed by atoms with Crippen molar-refractivity contribution < 1.29 is 14.3 Å². The second kappa shape index (κ2) is 7.29. The highest BCUT2D eigenvalue weighted by atomic mass is 19.1. The van der Waals surface area contributed by atoms with Gasteiger partial charge in [0.1, 0.15) is 5.82 Å². The molecule has 19 heavy (non-hydrogen) atoms. The molecule has 0 fully saturated rings. The number of hydrogen-bond donors (Lipinski definition) is 1. The van der Waals surface area contributed by atoms with Crippen molar-refractivity contribution in [2.75, 3.05) is 13.6 Å². The van der Waals surface area contributed by atoms with Gasteiger partial charge in [-0.15, -0.1) is 0 Å². The smallest absolute Gasteiger partial charge is 0.328 e. The SMILES string of the molecule is CN(CCC#N)Cc1ccc(/C=C/C(=O)O)cc1F. The summed E-state index contributed by atoms with van der Waals surface area (Å²) in [6.07, 6.45) is 2.71. The van der Waals surface area contributed by atoms with Crippen LogP contribution in [-0.2, 0) is 11.3 Å². The molecule has 1 aromatic rings. The first-order valence-corrected chi connectivity index (χ1v) is 5.78. The normalized spacial score (nSPS) is 10.8. The summed E-state index contributed by atoms with van der Waals surface area (Å²) in [5.74, 6) is -1.45. The Bertz CT molecular complexity index is 521. The molecule has 0 spiro atoms. The molecule has 0 bridgehead atoms. The molecule has 1 rings (SSSR count). The molecule has 0 heterocycles. The summed E-state index contributed by atoms with van der Waals surface area (Å²) in [6.45, 7) is 0.993. The number of halogens is 1. The molecule has 0 saturated carbocycles. The van der Waals surface area contributed by atoms with Gasteiger partial charge in [0.2, 0.25) is 0 Å². The van der Waals surface area contributed by atoms with Crippen LogP contribution in [0.4, 0.5) is 4.39 Å². The van der Waals surface area contributed by atoms with Crippen molar-refractivity contribution in [2.24, 2.45) is 0 Å². The number of benzene rings is 1. The molecule has 5 heteroatoms. The van der Waals surface area contributed by atoms with E-state index in [0.29, 0.717) is 30.6 Å². The zero-order chi connectivity index (χ0) is 14.3. The summed E-state index contributed by atoms with van der Waals surface area (Å²) in [5.41, 5.74) is 1.02. The third-order valence-electron chi connectivity index (χ3n) is 2.54. The topological polar surface area (TPSA) is 64.3 Å². The van der Waals surface area contributed by atoms with E-state index in [1.165, 1.54) is 12.1 Å². The Labute approximate surface area is 111 Å². The van der Waals surface area contributed by atoms with Crippen LogP contribution in [0.25, 0.3) is 6.08 Å². The summed E-state index contributed by atoms with van der Waals surface area (Å²) in [4.78, 5) is 12.2. The number of carboxylic acids is 1. The Balaban J connectivity index is 2.72. The number of nitrogens with zero attached hydrogens (tertiary/aromatic N) is 2. The van der Waals surface area contributed by atoms with Crippen LogP contribution in [0.5, 0.6) is 0 Å². The fourth-order valence-corrected chi connectivity index (χ4v) is 1.57. The Morgan fingerprint density at radius 3 is 2.89 bits per heavy atom. The maximum absolute atomic E-state index is 13.8. The van der Waals surface area contributed by atoms with Gasteiger partial charge in [0, 0.05) is 31.1 Å². The minimum atomic E-state index is -1.07. The van der Waals surface area contributed by atoms with E-state index in [2.05, 4.69) is 0 Å². The van der Waals surface area contributed by atoms with Crippen LogP contribution < -0.4 is 0 Å². The van der Waals surface area contributed by atoms with E-state index in [4.69, 9.17) is 10.4 Å². The van der Waals surface area contributed by atoms with E-state index in [1.807, 2.05) is 18.0 Å². The zero-order valence-corrected chi connectivity index (χ0v) is 10.6. The average molecular weight is 262 g/mol. The number of nitriles is 1. The van der Waals surface area contributed by atoms with Crippen LogP contribution in [-0.4, -0.2) is 29.6 Å². The molecule has 0 unspecified atom stereocenters. The van der Waals surface area contributed by atoms with Gasteiger partial charge >= 0.3 is 5.97 Å². The summed E-state index contributed by atoms with van der Waals surface area (Å²) < 4.78 is 13.8. The Kier molecular flexibility index (Phi) is 5.71. The second-order valence-electron chi connectivity index (χ2n) is 4.17. The van der Waals surface area contributed by atoms with Crippen LogP contribution in [0.3, 0.4) is 0 Å². The van der Waals surface area contributed by atoms with Crippen LogP contribution in [0.2, 0.25) is 0 Å². The molecule has 0 aliphatic rings. The maximum Gasteiger partial charge on any atom is 0.328 e. The number of hydrogen-bond acceptors (Lipinski definition) is 3. The lowest BCUT2D eigenvalue weighted by atomic mass is 10.1. The minimum Gasteiger partial charge on any atom is -0.478 e. The molecular weight excluding hydrogens is 247 g/mol. The highest BCUT2D eigenvalue weighted by Crippen LogP contribution is 2.13. The lowest BCUT2D eigenvalue weighted by Crippen LogP contribution is -2.19. The van der Waals surface area contributed by atoms with Crippen molar-refractivity contribution in [1.82, 2.24) is 4.90 Å². The molecule has 0 radical (unpaired) electrons. The number of carboxylic acid groups (broad SMARTS) is 1. The quantitative estimate of drug-likeness (QED) is 0.799. The van der Waals surface area contributed by atoms with Gasteiger partial charge in [0.05, 0.1) is 6.07 Å². The van der Waals surface area contributed by atoms with Gasteiger partial charge in [-0.25, -0.2) is 9.18 Å². The first-order chi connectivity index (χ1) is 9.02. The lowest BCUT2D eigenvalue weighted by Gasteiger charge is -2.15. The summed E-state index contributed by atoms with van der Waals surface area (Å²) in [7, 11) is 1.81. The molecule has 0 atom stereocenters. The first kappa shape index (κ1) is 14.9. The van der Waals surface area contributed by atoms with Gasteiger partial charge in [-0.1, -0.05) is 12.1 Å². The van der Waals surface area contributed by atoms with Gasteiger partial charge in [-0.3, -0.25) is 0 Å². The van der Waals surface area contributed by atoms with Gasteiger partial charge in [-0.05, 0) is 24.8 Å². The van der Waals surface area contributed by atoms with Crippen molar-refractivity contribution >= 4 is 12.0 Å².